The minimum atomic E-state index is -2.26. The number of furan rings is 4. The van der Waals surface area contributed by atoms with Gasteiger partial charge in [0.05, 0.1) is 62.4 Å². The molecule has 8 heterocycles. The lowest BCUT2D eigenvalue weighted by atomic mass is 9.95. The van der Waals surface area contributed by atoms with E-state index in [4.69, 9.17) is 35.0 Å². The number of nitrogens with zero attached hydrogens (tertiary/aromatic N) is 8. The van der Waals surface area contributed by atoms with Gasteiger partial charge >= 0.3 is 11.6 Å². The highest BCUT2D eigenvalue weighted by Gasteiger charge is 2.28. The van der Waals surface area contributed by atoms with Gasteiger partial charge in [-0.05, 0) is 165 Å². The van der Waals surface area contributed by atoms with Crippen LogP contribution in [0.25, 0.3) is 176 Å². The lowest BCUT2D eigenvalue weighted by molar-refractivity contribution is -0.663. The minimum Gasteiger partial charge on any atom is -0.455 e. The summed E-state index contributed by atoms with van der Waals surface area (Å²) in [6.07, 6.45) is 15.8. The van der Waals surface area contributed by atoms with Gasteiger partial charge in [0.2, 0.25) is 11.4 Å². The van der Waals surface area contributed by atoms with E-state index in [1.165, 1.54) is 22.4 Å². The van der Waals surface area contributed by atoms with Gasteiger partial charge in [0.1, 0.15) is 64.9 Å². The van der Waals surface area contributed by atoms with Crippen molar-refractivity contribution in [1.82, 2.24) is 19.9 Å². The minimum absolute atomic E-state index is 0.212. The lowest BCUT2D eigenvalue weighted by Gasteiger charge is -2.08. The maximum atomic E-state index is 8.17. The van der Waals surface area contributed by atoms with Crippen LogP contribution in [0.4, 0.5) is 0 Å². The Balaban J connectivity index is 0.000000109. The Morgan fingerprint density at radius 3 is 1.30 bits per heavy atom. The van der Waals surface area contributed by atoms with Gasteiger partial charge in [-0.15, -0.1) is 0 Å². The van der Waals surface area contributed by atoms with Crippen molar-refractivity contribution in [1.29, 1.82) is 0 Å². The summed E-state index contributed by atoms with van der Waals surface area (Å²) < 4.78 is 105. The zero-order chi connectivity index (χ0) is 78.8. The molecule has 0 aliphatic carbocycles. The number of benzene rings is 12. The van der Waals surface area contributed by atoms with Crippen molar-refractivity contribution in [3.8, 4) is 45.3 Å². The zero-order valence-corrected chi connectivity index (χ0v) is 58.8. The van der Waals surface area contributed by atoms with Crippen molar-refractivity contribution < 1.29 is 48.3 Å². The third-order valence-electron chi connectivity index (χ3n) is 20.2. The van der Waals surface area contributed by atoms with Gasteiger partial charge in [-0.2, -0.15) is 9.13 Å². The molecule has 0 amide bonds. The van der Waals surface area contributed by atoms with E-state index >= 15 is 0 Å². The predicted molar refractivity (Wildman–Crippen MR) is 420 cm³/mol. The smallest absolute Gasteiger partial charge is 0.334 e. The Morgan fingerprint density at radius 2 is 0.798 bits per heavy atom. The Bertz CT molecular complexity index is 7300. The van der Waals surface area contributed by atoms with Crippen LogP contribution >= 0.6 is 0 Å². The van der Waals surface area contributed by atoms with Crippen LogP contribution in [0.1, 0.15) is 57.0 Å². The van der Waals surface area contributed by atoms with E-state index in [-0.39, 0.29) is 5.56 Å². The van der Waals surface area contributed by atoms with Crippen LogP contribution in [0, 0.1) is 55.2 Å². The van der Waals surface area contributed by atoms with E-state index in [9.17, 15) is 0 Å². The molecule has 0 unspecified atom stereocenters. The normalized spacial score (nSPS) is 13.3. The van der Waals surface area contributed by atoms with Crippen molar-refractivity contribution in [2.45, 2.75) is 55.2 Å². The van der Waals surface area contributed by atoms with Crippen molar-refractivity contribution >= 4 is 131 Å². The summed E-state index contributed by atoms with van der Waals surface area (Å²) in [4.78, 5) is 17.8. The van der Waals surface area contributed by atoms with E-state index < -0.39 is 20.6 Å². The average Bonchev–Trinajstić information content (AvgIpc) is 1.59. The largest absolute Gasteiger partial charge is 0.455 e. The Labute approximate surface area is 613 Å². The molecule has 0 saturated carbocycles. The van der Waals surface area contributed by atoms with E-state index in [1.54, 1.807) is 47.7 Å². The van der Waals surface area contributed by atoms with Crippen molar-refractivity contribution in [2.75, 3.05) is 0 Å². The van der Waals surface area contributed by atoms with Crippen molar-refractivity contribution in [2.24, 2.45) is 28.2 Å². The van der Waals surface area contributed by atoms with Crippen LogP contribution in [0.3, 0.4) is 0 Å². The fourth-order valence-electron chi connectivity index (χ4n) is 15.1. The molecule has 8 aromatic heterocycles. The molecule has 0 bridgehead atoms. The number of rotatable bonds is 4. The van der Waals surface area contributed by atoms with Gasteiger partial charge < -0.3 is 17.7 Å². The fourth-order valence-corrected chi connectivity index (χ4v) is 15.1. The first-order valence-corrected chi connectivity index (χ1v) is 34.4. The molecule has 20 rings (SSSR count). The monoisotopic (exact) mass is 1370 g/mol. The highest BCUT2D eigenvalue weighted by Crippen LogP contribution is 2.45. The molecular weight excluding hydrogens is 1280 g/mol. The van der Waals surface area contributed by atoms with Gasteiger partial charge in [0.15, 0.2) is 29.3 Å². The predicted octanol–water partition coefficient (Wildman–Crippen LogP) is 21.0. The van der Waals surface area contributed by atoms with Crippen LogP contribution < -0.4 is 18.3 Å². The Morgan fingerprint density at radius 1 is 0.337 bits per heavy atom. The third-order valence-corrected chi connectivity index (χ3v) is 20.2. The molecule has 0 radical (unpaired) electrons. The fraction of sp³-hybridized carbons (Fsp3) is 0.130. The first kappa shape index (κ1) is 55.0. The quantitative estimate of drug-likeness (QED) is 0.160. The number of aromatic nitrogens is 8. The summed E-state index contributed by atoms with van der Waals surface area (Å²) in [6, 6.07) is 63.0. The molecule has 0 aliphatic heterocycles. The van der Waals surface area contributed by atoms with E-state index in [2.05, 4.69) is 111 Å². The highest BCUT2D eigenvalue weighted by molar-refractivity contribution is 6.24. The summed E-state index contributed by atoms with van der Waals surface area (Å²) in [5.74, 6) is 1.60. The third kappa shape index (κ3) is 10.8. The molecular formula is C92H76N8O4+4. The van der Waals surface area contributed by atoms with Gasteiger partial charge in [0, 0.05) is 74.0 Å². The van der Waals surface area contributed by atoms with Crippen molar-refractivity contribution in [3.63, 3.8) is 0 Å². The first-order chi connectivity index (χ1) is 54.2. The van der Waals surface area contributed by atoms with Crippen LogP contribution in [0.15, 0.2) is 261 Å². The van der Waals surface area contributed by atoms with Crippen LogP contribution in [-0.4, -0.2) is 19.9 Å². The van der Waals surface area contributed by atoms with Crippen LogP contribution in [0.2, 0.25) is 0 Å². The van der Waals surface area contributed by atoms with Gasteiger partial charge in [-0.3, -0.25) is 9.97 Å². The lowest BCUT2D eigenvalue weighted by Crippen LogP contribution is -2.32. The maximum absolute atomic E-state index is 8.17. The molecule has 12 nitrogen and oxygen atoms in total. The zero-order valence-electron chi connectivity index (χ0n) is 67.8. The summed E-state index contributed by atoms with van der Waals surface area (Å²) in [7, 11) is 7.70. The first-order valence-electron chi connectivity index (χ1n) is 38.9. The molecule has 0 saturated heterocycles. The standard InChI is InChI=1S/4C23H19N2O/c1-14-12-24-23(25(3)13-14)20-15(2)8-10-18-21-17-7-5-4-6-16(17)9-11-19(21)26-22(18)20;1-14-8-10-18-21-17-7-5-4-6-16(17)9-11-19(21)26-22(18)20(14)23-24-15(2)12-13-25(23)3;1-14-12-18-22-17-7-5-4-6-16(17)8-9-20(22)26-23(18)21(15(14)2)19-13-24-10-11-25(19)3;1-14-12-15(2)21-22-17-7-5-4-6-16(17)8-9-19(22)26-23(21)20(14)18-13-24-10-11-25(18)3/h4*4-13H,1-3H3/q4*+1/i1D3;;1D3;2D3. The molecule has 0 spiro atoms. The topological polar surface area (TPSA) is 120 Å². The number of hydrogen-bond acceptors (Lipinski definition) is 8. The van der Waals surface area contributed by atoms with E-state index in [0.717, 1.165) is 154 Å². The number of fused-ring (bicyclic) bond motifs is 20. The van der Waals surface area contributed by atoms with Gasteiger partial charge in [0.25, 0.3) is 0 Å². The summed E-state index contributed by atoms with van der Waals surface area (Å²) >= 11 is 0. The Hall–Kier alpha value is -12.8. The summed E-state index contributed by atoms with van der Waals surface area (Å²) in [5.41, 5.74) is 16.9. The van der Waals surface area contributed by atoms with E-state index in [1.807, 2.05) is 175 Å². The molecule has 12 aromatic carbocycles. The molecule has 0 fully saturated rings. The Kier molecular flexibility index (Phi) is 13.6. The van der Waals surface area contributed by atoms with Crippen LogP contribution in [-0.2, 0) is 28.2 Å². The van der Waals surface area contributed by atoms with E-state index in [0.29, 0.717) is 44.7 Å². The highest BCUT2D eigenvalue weighted by atomic mass is 16.3. The average molecular weight is 1370 g/mol. The summed E-state index contributed by atoms with van der Waals surface area (Å²) in [6.45, 7) is 3.22. The molecule has 0 aliphatic rings. The second-order valence-corrected chi connectivity index (χ2v) is 26.9. The summed E-state index contributed by atoms with van der Waals surface area (Å²) in [5, 5.41) is 16.6. The molecule has 12 heteroatoms. The molecule has 104 heavy (non-hydrogen) atoms. The number of hydrogen-bond donors (Lipinski definition) is 0. The van der Waals surface area contributed by atoms with Gasteiger partial charge in [-0.25, -0.2) is 9.13 Å². The molecule has 0 atom stereocenters. The molecule has 20 aromatic rings. The second-order valence-electron chi connectivity index (χ2n) is 26.9. The van der Waals surface area contributed by atoms with Crippen LogP contribution in [0.5, 0.6) is 0 Å². The maximum Gasteiger partial charge on any atom is 0.334 e. The van der Waals surface area contributed by atoms with Gasteiger partial charge in [-0.1, -0.05) is 152 Å². The molecule has 0 N–H and O–H groups in total. The number of aryl methyl sites for hydroxylation is 11. The van der Waals surface area contributed by atoms with Crippen molar-refractivity contribution in [3.05, 3.63) is 288 Å². The second kappa shape index (κ2) is 25.7. The molecule has 504 valence electrons. The SMILES string of the molecule is Cc1cc[n+](C)c(-c2c(C)ccc3c2oc2ccc4ccccc4c23)n1.[2H]C([2H])([2H])c1cc(C)c(-c2cncc[n+]2C)c2oc3ccc4ccccc4c3c12.[2H]C([2H])([2H])c1cc2c(oc3ccc4ccccc4c32)c(-c2cncc[n+]2C)c1C.[2H]C([2H])([2H])c1cnc(-c2c(C)ccc3c2oc2ccc4ccccc4c23)[n+](C)c1.